The van der Waals surface area contributed by atoms with Crippen molar-refractivity contribution in [3.8, 4) is 0 Å². The Labute approximate surface area is 124 Å². The van der Waals surface area contributed by atoms with E-state index >= 15 is 0 Å². The van der Waals surface area contributed by atoms with E-state index in [-0.39, 0.29) is 21.5 Å². The number of likely N-dealkylation sites (tertiary alicyclic amines) is 1. The Morgan fingerprint density at radius 1 is 1.26 bits per heavy atom. The van der Waals surface area contributed by atoms with Crippen molar-refractivity contribution in [2.75, 3.05) is 18.4 Å². The topological polar surface area (TPSA) is 78.4 Å². The van der Waals surface area contributed by atoms with Gasteiger partial charge in [-0.3, -0.25) is 0 Å². The van der Waals surface area contributed by atoms with Crippen LogP contribution in [0.25, 0.3) is 0 Å². The molecule has 0 atom stereocenters. The van der Waals surface area contributed by atoms with Crippen LogP contribution in [0.1, 0.15) is 12.8 Å². The van der Waals surface area contributed by atoms with Gasteiger partial charge in [0.2, 0.25) is 5.28 Å². The van der Waals surface area contributed by atoms with E-state index in [0.717, 1.165) is 0 Å². The zero-order chi connectivity index (χ0) is 14.0. The molecule has 104 valence electrons. The summed E-state index contributed by atoms with van der Waals surface area (Å²) in [6.45, 7) is 0.939. The van der Waals surface area contributed by atoms with Crippen LogP contribution in [0, 0.1) is 0 Å². The van der Waals surface area contributed by atoms with Crippen molar-refractivity contribution in [2.24, 2.45) is 0 Å². The predicted molar refractivity (Wildman–Crippen MR) is 73.3 cm³/mol. The lowest BCUT2D eigenvalue weighted by molar-refractivity contribution is 0.134. The Hall–Kier alpha value is -0.980. The molecule has 1 aromatic rings. The minimum absolute atomic E-state index is 0.0138. The smallest absolute Gasteiger partial charge is 0.407 e. The number of piperidine rings is 1. The first kappa shape index (κ1) is 14.4. The highest BCUT2D eigenvalue weighted by atomic mass is 35.5. The number of carboxylic acid groups (broad SMARTS) is 1. The molecule has 2 rings (SSSR count). The quantitative estimate of drug-likeness (QED) is 0.645. The zero-order valence-corrected chi connectivity index (χ0v) is 12.0. The van der Waals surface area contributed by atoms with Gasteiger partial charge in [0.15, 0.2) is 11.0 Å². The molecular weight excluding hydrogens is 314 g/mol. The summed E-state index contributed by atoms with van der Waals surface area (Å²) in [5, 5.41) is 12.3. The molecule has 0 aromatic carbocycles. The molecule has 19 heavy (non-hydrogen) atoms. The number of aromatic nitrogens is 2. The summed E-state index contributed by atoms with van der Waals surface area (Å²) in [6, 6.07) is 0.0788. The average Bonchev–Trinajstić information content (AvgIpc) is 2.36. The monoisotopic (exact) mass is 324 g/mol. The van der Waals surface area contributed by atoms with Gasteiger partial charge in [0.1, 0.15) is 5.02 Å². The summed E-state index contributed by atoms with van der Waals surface area (Å²) in [6.07, 6.45) is 0.439. The minimum Gasteiger partial charge on any atom is -0.465 e. The van der Waals surface area contributed by atoms with E-state index in [1.165, 1.54) is 4.90 Å². The third-order valence-electron chi connectivity index (χ3n) is 2.89. The Kier molecular flexibility index (Phi) is 4.54. The highest BCUT2D eigenvalue weighted by Crippen LogP contribution is 2.29. The maximum Gasteiger partial charge on any atom is 0.407 e. The van der Waals surface area contributed by atoms with Crippen molar-refractivity contribution in [3.63, 3.8) is 0 Å². The van der Waals surface area contributed by atoms with Crippen LogP contribution < -0.4 is 5.32 Å². The van der Waals surface area contributed by atoms with Gasteiger partial charge in [-0.25, -0.2) is 9.78 Å². The van der Waals surface area contributed by atoms with Gasteiger partial charge < -0.3 is 15.3 Å². The summed E-state index contributed by atoms with van der Waals surface area (Å²) in [4.78, 5) is 19.9. The fourth-order valence-electron chi connectivity index (χ4n) is 1.90. The third-order valence-corrected chi connectivity index (χ3v) is 3.79. The number of amides is 1. The summed E-state index contributed by atoms with van der Waals surface area (Å²) in [5.74, 6) is 0.375. The molecular formula is C10H11Cl3N4O2. The number of anilines is 1. The van der Waals surface area contributed by atoms with Crippen LogP contribution in [0.2, 0.25) is 15.5 Å². The number of halogens is 3. The van der Waals surface area contributed by atoms with Gasteiger partial charge in [0.05, 0.1) is 0 Å². The van der Waals surface area contributed by atoms with Crippen molar-refractivity contribution in [1.82, 2.24) is 14.9 Å². The van der Waals surface area contributed by atoms with Crippen LogP contribution >= 0.6 is 34.8 Å². The Morgan fingerprint density at radius 3 is 2.47 bits per heavy atom. The summed E-state index contributed by atoms with van der Waals surface area (Å²) >= 11 is 17.5. The fourth-order valence-corrected chi connectivity index (χ4v) is 2.42. The first-order chi connectivity index (χ1) is 8.97. The summed E-state index contributed by atoms with van der Waals surface area (Å²) < 4.78 is 0. The molecule has 1 aliphatic rings. The molecule has 0 unspecified atom stereocenters. The van der Waals surface area contributed by atoms with Crippen LogP contribution in [0.3, 0.4) is 0 Å². The van der Waals surface area contributed by atoms with Gasteiger partial charge >= 0.3 is 6.09 Å². The molecule has 1 amide bonds. The van der Waals surface area contributed by atoms with Crippen LogP contribution in [0.5, 0.6) is 0 Å². The number of nitrogens with zero attached hydrogens (tertiary/aromatic N) is 3. The maximum absolute atomic E-state index is 10.8. The zero-order valence-electron chi connectivity index (χ0n) is 9.74. The molecule has 1 aliphatic heterocycles. The van der Waals surface area contributed by atoms with Gasteiger partial charge in [-0.15, -0.1) is 0 Å². The van der Waals surface area contributed by atoms with Crippen LogP contribution in [0.4, 0.5) is 10.6 Å². The molecule has 0 saturated carbocycles. The molecule has 2 heterocycles. The summed E-state index contributed by atoms with van der Waals surface area (Å²) in [5.41, 5.74) is 0. The Morgan fingerprint density at radius 2 is 1.89 bits per heavy atom. The minimum atomic E-state index is -0.899. The highest BCUT2D eigenvalue weighted by molar-refractivity contribution is 6.43. The van der Waals surface area contributed by atoms with Gasteiger partial charge in [0.25, 0.3) is 0 Å². The molecule has 0 radical (unpaired) electrons. The average molecular weight is 326 g/mol. The number of nitrogens with one attached hydrogen (secondary N) is 1. The SMILES string of the molecule is O=C(O)N1CCC(Nc2nc(Cl)nc(Cl)c2Cl)CC1. The van der Waals surface area contributed by atoms with Crippen molar-refractivity contribution in [1.29, 1.82) is 0 Å². The molecule has 1 aromatic heterocycles. The normalized spacial score (nSPS) is 16.5. The fraction of sp³-hybridized carbons (Fsp3) is 0.500. The predicted octanol–water partition coefficient (Wildman–Crippen LogP) is 2.99. The molecule has 1 fully saturated rings. The molecule has 1 saturated heterocycles. The standard InChI is InChI=1S/C10H11Cl3N4O2/c11-6-7(12)15-9(13)16-8(6)14-5-1-3-17(4-2-5)10(18)19/h5H,1-4H2,(H,18,19)(H,14,15,16). The lowest BCUT2D eigenvalue weighted by Crippen LogP contribution is -2.41. The van der Waals surface area contributed by atoms with Crippen LogP contribution in [-0.2, 0) is 0 Å². The maximum atomic E-state index is 10.8. The van der Waals surface area contributed by atoms with E-state index in [2.05, 4.69) is 15.3 Å². The first-order valence-electron chi connectivity index (χ1n) is 5.60. The van der Waals surface area contributed by atoms with E-state index in [1.54, 1.807) is 0 Å². The van der Waals surface area contributed by atoms with Crippen molar-refractivity contribution >= 4 is 46.7 Å². The second-order valence-electron chi connectivity index (χ2n) is 4.13. The van der Waals surface area contributed by atoms with Gasteiger partial charge in [0, 0.05) is 19.1 Å². The van der Waals surface area contributed by atoms with Crippen LogP contribution in [-0.4, -0.2) is 45.2 Å². The van der Waals surface area contributed by atoms with Crippen molar-refractivity contribution in [2.45, 2.75) is 18.9 Å². The lowest BCUT2D eigenvalue weighted by atomic mass is 10.1. The highest BCUT2D eigenvalue weighted by Gasteiger charge is 2.23. The van der Waals surface area contributed by atoms with Gasteiger partial charge in [-0.1, -0.05) is 23.2 Å². The molecule has 0 bridgehead atoms. The van der Waals surface area contributed by atoms with E-state index < -0.39 is 6.09 Å². The van der Waals surface area contributed by atoms with E-state index in [1.807, 2.05) is 0 Å². The van der Waals surface area contributed by atoms with Gasteiger partial charge in [-0.2, -0.15) is 4.98 Å². The Bertz CT molecular complexity index is 492. The number of hydrogen-bond acceptors (Lipinski definition) is 4. The number of hydrogen-bond donors (Lipinski definition) is 2. The summed E-state index contributed by atoms with van der Waals surface area (Å²) in [7, 11) is 0. The third kappa shape index (κ3) is 3.52. The van der Waals surface area contributed by atoms with Gasteiger partial charge in [-0.05, 0) is 24.4 Å². The molecule has 0 spiro atoms. The second kappa shape index (κ2) is 5.98. The Balaban J connectivity index is 2.01. The second-order valence-corrected chi connectivity index (χ2v) is 5.21. The van der Waals surface area contributed by atoms with E-state index in [4.69, 9.17) is 39.9 Å². The van der Waals surface area contributed by atoms with Crippen molar-refractivity contribution < 1.29 is 9.90 Å². The van der Waals surface area contributed by atoms with E-state index in [9.17, 15) is 4.79 Å². The largest absolute Gasteiger partial charge is 0.465 e. The lowest BCUT2D eigenvalue weighted by Gasteiger charge is -2.30. The molecule has 2 N–H and O–H groups in total. The van der Waals surface area contributed by atoms with Crippen LogP contribution in [0.15, 0.2) is 0 Å². The molecule has 0 aliphatic carbocycles. The molecule has 6 nitrogen and oxygen atoms in total. The number of rotatable bonds is 2. The number of carbonyl (C=O) groups is 1. The van der Waals surface area contributed by atoms with Crippen molar-refractivity contribution in [3.05, 3.63) is 15.5 Å². The van der Waals surface area contributed by atoms with E-state index in [0.29, 0.717) is 31.7 Å². The molecule has 9 heteroatoms. The first-order valence-corrected chi connectivity index (χ1v) is 6.73.